The Bertz CT molecular complexity index is 472. The van der Waals surface area contributed by atoms with E-state index in [-0.39, 0.29) is 5.76 Å². The van der Waals surface area contributed by atoms with Gasteiger partial charge in [0, 0.05) is 0 Å². The van der Waals surface area contributed by atoms with E-state index in [1.54, 1.807) is 22.4 Å². The van der Waals surface area contributed by atoms with Crippen LogP contribution in [0, 0.1) is 0 Å². The molecule has 0 saturated carbocycles. The lowest BCUT2D eigenvalue weighted by Gasteiger charge is -1.96. The number of benzene rings is 1. The zero-order valence-corrected chi connectivity index (χ0v) is 8.00. The summed E-state index contributed by atoms with van der Waals surface area (Å²) in [6.07, 6.45) is 1.95. The average molecular weight is 195 g/mol. The van der Waals surface area contributed by atoms with Crippen LogP contribution in [0.15, 0.2) is 33.5 Å². The predicted molar refractivity (Wildman–Crippen MR) is 54.0 cm³/mol. The van der Waals surface area contributed by atoms with Crippen molar-refractivity contribution < 1.29 is 4.42 Å². The van der Waals surface area contributed by atoms with Gasteiger partial charge in [-0.05, 0) is 18.4 Å². The highest BCUT2D eigenvalue weighted by molar-refractivity contribution is 7.97. The fraction of sp³-hybridized carbons (Fsp3) is 0.222. The molecule has 0 spiro atoms. The second-order valence-corrected chi connectivity index (χ2v) is 3.52. The van der Waals surface area contributed by atoms with E-state index >= 15 is 0 Å². The number of fused-ring (bicyclic) bond motifs is 1. The van der Waals surface area contributed by atoms with Crippen molar-refractivity contribution >= 4 is 22.9 Å². The third-order valence-corrected chi connectivity index (χ3v) is 2.35. The molecule has 1 aromatic carbocycles. The lowest BCUT2D eigenvalue weighted by molar-refractivity contribution is 0.526. The lowest BCUT2D eigenvalue weighted by atomic mass is 10.3. The summed E-state index contributed by atoms with van der Waals surface area (Å²) >= 11 is 1.59. The standard InChI is InChI=1S/C9H9NO2S/c1-13-6-10-7-4-2-3-5-8(7)12-9(10)11/h2-5H,6H2,1H3. The van der Waals surface area contributed by atoms with Crippen molar-refractivity contribution in [1.29, 1.82) is 0 Å². The number of hydrogen-bond donors (Lipinski definition) is 0. The first-order valence-corrected chi connectivity index (χ1v) is 5.29. The molecule has 0 atom stereocenters. The van der Waals surface area contributed by atoms with E-state index in [9.17, 15) is 4.79 Å². The molecule has 0 unspecified atom stereocenters. The van der Waals surface area contributed by atoms with Crippen LogP contribution in [-0.4, -0.2) is 10.8 Å². The molecule has 0 radical (unpaired) electrons. The molecule has 0 N–H and O–H groups in total. The van der Waals surface area contributed by atoms with Crippen molar-refractivity contribution in [3.63, 3.8) is 0 Å². The van der Waals surface area contributed by atoms with Gasteiger partial charge in [0.05, 0.1) is 11.4 Å². The Balaban J connectivity index is 2.71. The largest absolute Gasteiger partial charge is 0.420 e. The van der Waals surface area contributed by atoms with Gasteiger partial charge in [0.15, 0.2) is 5.58 Å². The predicted octanol–water partition coefficient (Wildman–Crippen LogP) is 1.91. The monoisotopic (exact) mass is 195 g/mol. The molecule has 2 aromatic rings. The minimum absolute atomic E-state index is 0.282. The molecular formula is C9H9NO2S. The fourth-order valence-electron chi connectivity index (χ4n) is 1.27. The Morgan fingerprint density at radius 2 is 2.23 bits per heavy atom. The van der Waals surface area contributed by atoms with Crippen molar-refractivity contribution in [2.45, 2.75) is 5.88 Å². The quantitative estimate of drug-likeness (QED) is 0.734. The van der Waals surface area contributed by atoms with Gasteiger partial charge in [0.1, 0.15) is 0 Å². The van der Waals surface area contributed by atoms with Crippen LogP contribution in [0.4, 0.5) is 0 Å². The molecule has 0 aliphatic carbocycles. The van der Waals surface area contributed by atoms with Gasteiger partial charge in [-0.1, -0.05) is 12.1 Å². The van der Waals surface area contributed by atoms with Gasteiger partial charge >= 0.3 is 5.76 Å². The van der Waals surface area contributed by atoms with E-state index in [1.807, 2.05) is 24.5 Å². The van der Waals surface area contributed by atoms with Gasteiger partial charge in [-0.3, -0.25) is 4.57 Å². The summed E-state index contributed by atoms with van der Waals surface area (Å²) in [6.45, 7) is 0. The van der Waals surface area contributed by atoms with Crippen molar-refractivity contribution in [2.24, 2.45) is 0 Å². The maximum atomic E-state index is 11.3. The Morgan fingerprint density at radius 1 is 1.46 bits per heavy atom. The summed E-state index contributed by atoms with van der Waals surface area (Å²) in [7, 11) is 0. The Kier molecular flexibility index (Phi) is 2.14. The molecule has 3 nitrogen and oxygen atoms in total. The average Bonchev–Trinajstić information content (AvgIpc) is 2.44. The molecule has 2 rings (SSSR count). The topological polar surface area (TPSA) is 35.1 Å². The van der Waals surface area contributed by atoms with Crippen LogP contribution in [-0.2, 0) is 5.88 Å². The van der Waals surface area contributed by atoms with E-state index in [0.29, 0.717) is 11.5 Å². The Morgan fingerprint density at radius 3 is 3.00 bits per heavy atom. The molecule has 1 aromatic heterocycles. The molecule has 0 saturated heterocycles. The number of thioether (sulfide) groups is 1. The molecule has 0 aliphatic rings. The molecule has 4 heteroatoms. The summed E-state index contributed by atoms with van der Waals surface area (Å²) in [4.78, 5) is 11.3. The highest BCUT2D eigenvalue weighted by atomic mass is 32.2. The van der Waals surface area contributed by atoms with E-state index in [0.717, 1.165) is 5.52 Å². The van der Waals surface area contributed by atoms with Crippen LogP contribution in [0.2, 0.25) is 0 Å². The van der Waals surface area contributed by atoms with E-state index in [1.165, 1.54) is 0 Å². The molecular weight excluding hydrogens is 186 g/mol. The molecule has 1 heterocycles. The normalized spacial score (nSPS) is 10.8. The number of aromatic nitrogens is 1. The van der Waals surface area contributed by atoms with Crippen molar-refractivity contribution in [2.75, 3.05) is 6.26 Å². The second kappa shape index (κ2) is 3.30. The van der Waals surface area contributed by atoms with Gasteiger partial charge in [0.2, 0.25) is 0 Å². The smallest absolute Gasteiger partial charge is 0.408 e. The summed E-state index contributed by atoms with van der Waals surface area (Å²) in [5.74, 6) is 0.353. The molecule has 68 valence electrons. The number of oxazole rings is 1. The summed E-state index contributed by atoms with van der Waals surface area (Å²) in [5, 5.41) is 0. The third kappa shape index (κ3) is 1.37. The van der Waals surface area contributed by atoms with Crippen molar-refractivity contribution in [3.8, 4) is 0 Å². The SMILES string of the molecule is CSCn1c(=O)oc2ccccc21. The first kappa shape index (κ1) is 8.44. The van der Waals surface area contributed by atoms with E-state index in [4.69, 9.17) is 4.42 Å². The first-order chi connectivity index (χ1) is 6.33. The van der Waals surface area contributed by atoms with E-state index in [2.05, 4.69) is 0 Å². The van der Waals surface area contributed by atoms with Crippen LogP contribution >= 0.6 is 11.8 Å². The number of nitrogens with zero attached hydrogens (tertiary/aromatic N) is 1. The minimum atomic E-state index is -0.282. The number of para-hydroxylation sites is 2. The highest BCUT2D eigenvalue weighted by Gasteiger charge is 2.06. The van der Waals surface area contributed by atoms with Crippen LogP contribution in [0.3, 0.4) is 0 Å². The van der Waals surface area contributed by atoms with Gasteiger partial charge in [-0.2, -0.15) is 0 Å². The van der Waals surface area contributed by atoms with Gasteiger partial charge in [0.25, 0.3) is 0 Å². The zero-order chi connectivity index (χ0) is 9.26. The molecule has 0 amide bonds. The minimum Gasteiger partial charge on any atom is -0.408 e. The lowest BCUT2D eigenvalue weighted by Crippen LogP contribution is -2.11. The van der Waals surface area contributed by atoms with Gasteiger partial charge in [-0.25, -0.2) is 4.79 Å². The fourth-order valence-corrected chi connectivity index (χ4v) is 1.77. The number of rotatable bonds is 2. The maximum Gasteiger partial charge on any atom is 0.420 e. The summed E-state index contributed by atoms with van der Waals surface area (Å²) in [6, 6.07) is 7.44. The molecule has 0 fully saturated rings. The first-order valence-electron chi connectivity index (χ1n) is 3.90. The Labute approximate surface area is 79.4 Å². The molecule has 0 aliphatic heterocycles. The molecule has 0 bridgehead atoms. The van der Waals surface area contributed by atoms with Gasteiger partial charge < -0.3 is 4.42 Å². The summed E-state index contributed by atoms with van der Waals surface area (Å²) in [5.41, 5.74) is 1.52. The van der Waals surface area contributed by atoms with Crippen LogP contribution in [0.5, 0.6) is 0 Å². The highest BCUT2D eigenvalue weighted by Crippen LogP contribution is 2.13. The number of hydrogen-bond acceptors (Lipinski definition) is 3. The maximum absolute atomic E-state index is 11.3. The zero-order valence-electron chi connectivity index (χ0n) is 7.19. The third-order valence-electron chi connectivity index (χ3n) is 1.83. The van der Waals surface area contributed by atoms with Crippen molar-refractivity contribution in [3.05, 3.63) is 34.8 Å². The van der Waals surface area contributed by atoms with Gasteiger partial charge in [-0.15, -0.1) is 11.8 Å². The van der Waals surface area contributed by atoms with E-state index < -0.39 is 0 Å². The van der Waals surface area contributed by atoms with Crippen molar-refractivity contribution in [1.82, 2.24) is 4.57 Å². The second-order valence-electron chi connectivity index (χ2n) is 2.68. The van der Waals surface area contributed by atoms with Crippen LogP contribution in [0.1, 0.15) is 0 Å². The van der Waals surface area contributed by atoms with Crippen LogP contribution < -0.4 is 5.76 Å². The van der Waals surface area contributed by atoms with Crippen LogP contribution in [0.25, 0.3) is 11.1 Å². The summed E-state index contributed by atoms with van der Waals surface area (Å²) < 4.78 is 6.67. The molecule has 13 heavy (non-hydrogen) atoms. The Hall–Kier alpha value is -1.16.